The molecule has 0 fully saturated rings. The van der Waals surface area contributed by atoms with E-state index in [2.05, 4.69) is 12.6 Å². The highest BCUT2D eigenvalue weighted by Crippen LogP contribution is 2.21. The number of carboxylic acids is 2. The molecule has 0 rings (SSSR count). The second kappa shape index (κ2) is 9.84. The van der Waals surface area contributed by atoms with E-state index in [9.17, 15) is 9.59 Å². The van der Waals surface area contributed by atoms with Gasteiger partial charge >= 0.3 is 11.9 Å². The second-order valence-electron chi connectivity index (χ2n) is 3.48. The third-order valence-electron chi connectivity index (χ3n) is 2.06. The van der Waals surface area contributed by atoms with Crippen LogP contribution in [0.15, 0.2) is 0 Å². The molecule has 0 radical (unpaired) electrons. The molecule has 0 spiro atoms. The summed E-state index contributed by atoms with van der Waals surface area (Å²) in [4.78, 5) is 20.7. The van der Waals surface area contributed by atoms with Crippen LogP contribution in [0.4, 0.5) is 0 Å². The fourth-order valence-electron chi connectivity index (χ4n) is 1.29. The third kappa shape index (κ3) is 10.2. The highest BCUT2D eigenvalue weighted by molar-refractivity contribution is 8.00. The standard InChI is InChI=1S/C10H18O4S2/c11-9(12)4-2-1-3-8(5-6-15)16-7-10(13)14/h8,15H,1-7H2,(H,11,12)(H,13,14). The van der Waals surface area contributed by atoms with Gasteiger partial charge < -0.3 is 10.2 Å². The van der Waals surface area contributed by atoms with Crippen molar-refractivity contribution < 1.29 is 19.8 Å². The lowest BCUT2D eigenvalue weighted by molar-refractivity contribution is -0.137. The van der Waals surface area contributed by atoms with Gasteiger partial charge in [-0.3, -0.25) is 9.59 Å². The van der Waals surface area contributed by atoms with E-state index >= 15 is 0 Å². The summed E-state index contributed by atoms with van der Waals surface area (Å²) in [6.07, 6.45) is 3.42. The fourth-order valence-corrected chi connectivity index (χ4v) is 2.77. The molecular formula is C10H18O4S2. The van der Waals surface area contributed by atoms with Crippen molar-refractivity contribution in [1.82, 2.24) is 0 Å². The van der Waals surface area contributed by atoms with Crippen LogP contribution in [0.2, 0.25) is 0 Å². The molecule has 1 unspecified atom stereocenters. The van der Waals surface area contributed by atoms with Gasteiger partial charge in [-0.1, -0.05) is 6.42 Å². The highest BCUT2D eigenvalue weighted by atomic mass is 32.2. The van der Waals surface area contributed by atoms with E-state index in [-0.39, 0.29) is 17.4 Å². The van der Waals surface area contributed by atoms with E-state index in [1.807, 2.05) is 0 Å². The molecule has 0 bridgehead atoms. The van der Waals surface area contributed by atoms with E-state index < -0.39 is 11.9 Å². The van der Waals surface area contributed by atoms with Crippen molar-refractivity contribution in [2.75, 3.05) is 11.5 Å². The smallest absolute Gasteiger partial charge is 0.313 e. The van der Waals surface area contributed by atoms with Gasteiger partial charge in [-0.15, -0.1) is 11.8 Å². The monoisotopic (exact) mass is 266 g/mol. The molecule has 6 heteroatoms. The summed E-state index contributed by atoms with van der Waals surface area (Å²) in [6, 6.07) is 0. The summed E-state index contributed by atoms with van der Waals surface area (Å²) < 4.78 is 0. The lowest BCUT2D eigenvalue weighted by Gasteiger charge is -2.13. The molecule has 16 heavy (non-hydrogen) atoms. The Morgan fingerprint density at radius 2 is 1.81 bits per heavy atom. The van der Waals surface area contributed by atoms with Crippen molar-refractivity contribution in [1.29, 1.82) is 0 Å². The molecule has 94 valence electrons. The van der Waals surface area contributed by atoms with Gasteiger partial charge in [0.05, 0.1) is 5.75 Å². The normalized spacial score (nSPS) is 12.3. The van der Waals surface area contributed by atoms with Gasteiger partial charge in [0.2, 0.25) is 0 Å². The average Bonchev–Trinajstić information content (AvgIpc) is 2.20. The largest absolute Gasteiger partial charge is 0.481 e. The number of hydrogen-bond acceptors (Lipinski definition) is 4. The van der Waals surface area contributed by atoms with Crippen LogP contribution < -0.4 is 0 Å². The summed E-state index contributed by atoms with van der Waals surface area (Å²) in [7, 11) is 0. The second-order valence-corrected chi connectivity index (χ2v) is 5.21. The van der Waals surface area contributed by atoms with Crippen LogP contribution in [0.5, 0.6) is 0 Å². The van der Waals surface area contributed by atoms with Crippen LogP contribution >= 0.6 is 24.4 Å². The number of thiol groups is 1. The zero-order valence-electron chi connectivity index (χ0n) is 9.09. The van der Waals surface area contributed by atoms with Crippen LogP contribution in [0.25, 0.3) is 0 Å². The summed E-state index contributed by atoms with van der Waals surface area (Å²) in [6.45, 7) is 0. The first-order valence-electron chi connectivity index (χ1n) is 5.22. The van der Waals surface area contributed by atoms with Gasteiger partial charge in [0.25, 0.3) is 0 Å². The zero-order valence-corrected chi connectivity index (χ0v) is 10.8. The van der Waals surface area contributed by atoms with Gasteiger partial charge in [-0.25, -0.2) is 0 Å². The first-order valence-corrected chi connectivity index (χ1v) is 6.90. The van der Waals surface area contributed by atoms with Crippen LogP contribution in [0, 0.1) is 0 Å². The van der Waals surface area contributed by atoms with Crippen LogP contribution in [-0.4, -0.2) is 38.9 Å². The maximum absolute atomic E-state index is 10.4. The summed E-state index contributed by atoms with van der Waals surface area (Å²) >= 11 is 5.54. The van der Waals surface area contributed by atoms with E-state index in [4.69, 9.17) is 10.2 Å². The molecule has 4 nitrogen and oxygen atoms in total. The molecule has 0 aromatic carbocycles. The fraction of sp³-hybridized carbons (Fsp3) is 0.800. The highest BCUT2D eigenvalue weighted by Gasteiger charge is 2.10. The van der Waals surface area contributed by atoms with Crippen molar-refractivity contribution >= 4 is 36.3 Å². The minimum atomic E-state index is -0.806. The molecule has 0 aromatic heterocycles. The first kappa shape index (κ1) is 15.6. The Bertz CT molecular complexity index is 221. The number of rotatable bonds is 10. The molecule has 0 aliphatic rings. The molecule has 2 N–H and O–H groups in total. The number of carboxylic acid groups (broad SMARTS) is 2. The summed E-state index contributed by atoms with van der Waals surface area (Å²) in [5.41, 5.74) is 0. The van der Waals surface area contributed by atoms with Crippen molar-refractivity contribution in [2.24, 2.45) is 0 Å². The minimum absolute atomic E-state index is 0.109. The van der Waals surface area contributed by atoms with E-state index in [0.29, 0.717) is 6.42 Å². The number of aliphatic carboxylic acids is 2. The summed E-state index contributed by atoms with van der Waals surface area (Å²) in [5.74, 6) is -0.739. The van der Waals surface area contributed by atoms with Crippen molar-refractivity contribution in [2.45, 2.75) is 37.4 Å². The van der Waals surface area contributed by atoms with E-state index in [1.165, 1.54) is 11.8 Å². The zero-order chi connectivity index (χ0) is 12.4. The van der Waals surface area contributed by atoms with E-state index in [1.54, 1.807) is 0 Å². The quantitative estimate of drug-likeness (QED) is 0.417. The number of thioether (sulfide) groups is 1. The van der Waals surface area contributed by atoms with Gasteiger partial charge in [0, 0.05) is 11.7 Å². The first-order chi connectivity index (χ1) is 7.56. The Morgan fingerprint density at radius 3 is 2.31 bits per heavy atom. The maximum Gasteiger partial charge on any atom is 0.313 e. The molecule has 0 saturated heterocycles. The molecule has 0 amide bonds. The summed E-state index contributed by atoms with van der Waals surface area (Å²) in [5, 5.41) is 17.3. The Kier molecular flexibility index (Phi) is 9.62. The van der Waals surface area contributed by atoms with Gasteiger partial charge in [0.15, 0.2) is 0 Å². The third-order valence-corrected chi connectivity index (χ3v) is 3.67. The van der Waals surface area contributed by atoms with Crippen LogP contribution in [-0.2, 0) is 9.59 Å². The predicted molar refractivity (Wildman–Crippen MR) is 68.5 cm³/mol. The molecular weight excluding hydrogens is 248 g/mol. The Hall–Kier alpha value is -0.360. The van der Waals surface area contributed by atoms with Gasteiger partial charge in [-0.2, -0.15) is 12.6 Å². The molecule has 0 aromatic rings. The molecule has 0 saturated carbocycles. The lowest BCUT2D eigenvalue weighted by atomic mass is 10.1. The molecule has 0 aliphatic carbocycles. The Morgan fingerprint density at radius 1 is 1.12 bits per heavy atom. The topological polar surface area (TPSA) is 74.6 Å². The van der Waals surface area contributed by atoms with Crippen molar-refractivity contribution in [3.63, 3.8) is 0 Å². The van der Waals surface area contributed by atoms with Crippen molar-refractivity contribution in [3.8, 4) is 0 Å². The lowest BCUT2D eigenvalue weighted by Crippen LogP contribution is -2.09. The number of hydrogen-bond donors (Lipinski definition) is 3. The predicted octanol–water partition coefficient (Wildman–Crippen LogP) is 2.14. The average molecular weight is 266 g/mol. The van der Waals surface area contributed by atoms with Crippen LogP contribution in [0.3, 0.4) is 0 Å². The number of unbranched alkanes of at least 4 members (excludes halogenated alkanes) is 1. The van der Waals surface area contributed by atoms with Gasteiger partial charge in [0.1, 0.15) is 0 Å². The minimum Gasteiger partial charge on any atom is -0.481 e. The Balaban J connectivity index is 3.66. The SMILES string of the molecule is O=C(O)CCCCC(CCS)SCC(=O)O. The number of carbonyl (C=O) groups is 2. The van der Waals surface area contributed by atoms with Crippen LogP contribution in [0.1, 0.15) is 32.1 Å². The maximum atomic E-state index is 10.4. The molecule has 1 atom stereocenters. The van der Waals surface area contributed by atoms with E-state index in [0.717, 1.165) is 25.0 Å². The van der Waals surface area contributed by atoms with Crippen molar-refractivity contribution in [3.05, 3.63) is 0 Å². The molecule has 0 aliphatic heterocycles. The Labute approximate surface area is 105 Å². The van der Waals surface area contributed by atoms with Gasteiger partial charge in [-0.05, 0) is 25.0 Å². The molecule has 0 heterocycles.